The second-order valence-electron chi connectivity index (χ2n) is 11.0. The van der Waals surface area contributed by atoms with E-state index in [9.17, 15) is 37.1 Å². The van der Waals surface area contributed by atoms with Gasteiger partial charge in [0.15, 0.2) is 0 Å². The molecule has 3 rings (SSSR count). The first-order valence-electron chi connectivity index (χ1n) is 15.4. The molecule has 0 heterocycles. The molecule has 54 heavy (non-hydrogen) atoms. The maximum absolute atomic E-state index is 12.9. The summed E-state index contributed by atoms with van der Waals surface area (Å²) in [5, 5.41) is 0. The lowest BCUT2D eigenvalue weighted by atomic mass is 10.0. The lowest BCUT2D eigenvalue weighted by Gasteiger charge is -2.16. The number of hydrogen-bond donors (Lipinski definition) is 0. The fraction of sp³-hybridized carbons (Fsp3) is 0.154. The van der Waals surface area contributed by atoms with Crippen molar-refractivity contribution in [2.24, 2.45) is 0 Å². The number of hydrogen-bond acceptors (Lipinski definition) is 12. The maximum Gasteiger partial charge on any atom is 0.422 e. The zero-order valence-corrected chi connectivity index (χ0v) is 29.2. The second kappa shape index (κ2) is 18.8. The number of ether oxygens (including phenoxy) is 7. The number of benzene rings is 3. The fourth-order valence-electron chi connectivity index (χ4n) is 3.98. The molecule has 0 saturated carbocycles. The molecule has 0 unspecified atom stereocenters. The third-order valence-corrected chi connectivity index (χ3v) is 6.70. The molecular weight excluding hydrogens is 717 g/mol. The van der Waals surface area contributed by atoms with Gasteiger partial charge in [-0.2, -0.15) is 13.2 Å². The molecule has 0 atom stereocenters. The van der Waals surface area contributed by atoms with E-state index in [-0.39, 0.29) is 69.8 Å². The molecule has 0 fully saturated rings. The van der Waals surface area contributed by atoms with Crippen molar-refractivity contribution >= 4 is 35.9 Å². The van der Waals surface area contributed by atoms with Crippen LogP contribution in [-0.2, 0) is 33.4 Å². The van der Waals surface area contributed by atoms with E-state index >= 15 is 0 Å². The smallest absolute Gasteiger partial charge is 0.422 e. The summed E-state index contributed by atoms with van der Waals surface area (Å²) >= 11 is 0. The van der Waals surface area contributed by atoms with E-state index in [1.807, 2.05) is 0 Å². The molecule has 0 bridgehead atoms. The quantitative estimate of drug-likeness (QED) is 0.0872. The summed E-state index contributed by atoms with van der Waals surface area (Å²) in [6.45, 7) is 14.7. The minimum Gasteiger partial charge on any atom is -0.423 e. The van der Waals surface area contributed by atoms with E-state index in [0.29, 0.717) is 5.56 Å². The molecule has 0 radical (unpaired) electrons. The van der Waals surface area contributed by atoms with Crippen LogP contribution in [0.3, 0.4) is 0 Å². The zero-order valence-electron chi connectivity index (χ0n) is 29.2. The summed E-state index contributed by atoms with van der Waals surface area (Å²) in [5.74, 6) is -5.47. The Hall–Kier alpha value is -6.58. The van der Waals surface area contributed by atoms with Gasteiger partial charge in [0.2, 0.25) is 0 Å². The highest BCUT2D eigenvalue weighted by atomic mass is 19.4. The molecule has 0 aliphatic rings. The Morgan fingerprint density at radius 3 is 1.57 bits per heavy atom. The minimum absolute atomic E-state index is 0.0357. The Morgan fingerprint density at radius 2 is 1.09 bits per heavy atom. The van der Waals surface area contributed by atoms with Gasteiger partial charge in [-0.25, -0.2) is 24.0 Å². The van der Waals surface area contributed by atoms with Crippen LogP contribution in [0.2, 0.25) is 0 Å². The van der Waals surface area contributed by atoms with Crippen molar-refractivity contribution in [1.29, 1.82) is 0 Å². The largest absolute Gasteiger partial charge is 0.423 e. The van der Waals surface area contributed by atoms with E-state index in [4.69, 9.17) is 28.4 Å². The summed E-state index contributed by atoms with van der Waals surface area (Å²) < 4.78 is 74.5. The third-order valence-electron chi connectivity index (χ3n) is 6.70. The van der Waals surface area contributed by atoms with E-state index in [0.717, 1.165) is 30.3 Å². The molecule has 0 aliphatic carbocycles. The zero-order chi connectivity index (χ0) is 40.2. The van der Waals surface area contributed by atoms with Gasteiger partial charge >= 0.3 is 36.0 Å². The van der Waals surface area contributed by atoms with Crippen LogP contribution in [0.15, 0.2) is 115 Å². The fourth-order valence-corrected chi connectivity index (χ4v) is 3.98. The number of alkyl halides is 3. The van der Waals surface area contributed by atoms with Crippen molar-refractivity contribution in [3.05, 3.63) is 121 Å². The monoisotopic (exact) mass is 750 g/mol. The van der Waals surface area contributed by atoms with Gasteiger partial charge in [-0.3, -0.25) is 0 Å². The number of carbonyl (C=O) groups excluding carboxylic acids is 5. The van der Waals surface area contributed by atoms with Crippen LogP contribution in [0.1, 0.15) is 12.5 Å². The van der Waals surface area contributed by atoms with Gasteiger partial charge in [-0.15, -0.1) is 0 Å². The lowest BCUT2D eigenvalue weighted by molar-refractivity contribution is -0.142. The first-order valence-corrected chi connectivity index (χ1v) is 15.4. The normalized spacial score (nSPS) is 10.9. The first-order chi connectivity index (χ1) is 25.4. The van der Waals surface area contributed by atoms with Crippen molar-refractivity contribution in [2.75, 3.05) is 27.4 Å². The number of methoxy groups -OCH3 is 2. The van der Waals surface area contributed by atoms with Gasteiger partial charge < -0.3 is 33.2 Å². The van der Waals surface area contributed by atoms with Crippen molar-refractivity contribution in [1.82, 2.24) is 0 Å². The van der Waals surface area contributed by atoms with Crippen LogP contribution in [0, 0.1) is 0 Å². The Bertz CT molecular complexity index is 2010. The highest BCUT2D eigenvalue weighted by Crippen LogP contribution is 2.38. The molecule has 0 aromatic heterocycles. The van der Waals surface area contributed by atoms with Crippen LogP contribution in [0.25, 0.3) is 17.2 Å². The minimum atomic E-state index is -4.98. The SMILES string of the molecule is C=C(C)C(=O)Oc1ccc(-c2cc(OC(=O)C(=C)COC)c(/C=C/C(=O)Oc3ccc(OC(=O)C(=C)C(F)(F)F)cc3)cc2OC(=O)C(=C)COC)cc1. The van der Waals surface area contributed by atoms with Gasteiger partial charge in [-0.1, -0.05) is 38.4 Å². The summed E-state index contributed by atoms with van der Waals surface area (Å²) in [4.78, 5) is 62.4. The van der Waals surface area contributed by atoms with Crippen LogP contribution in [-0.4, -0.2) is 63.5 Å². The summed E-state index contributed by atoms with van der Waals surface area (Å²) in [5.41, 5.74) is -0.969. The number of rotatable bonds is 16. The molecule has 282 valence electrons. The van der Waals surface area contributed by atoms with Crippen LogP contribution in [0.4, 0.5) is 13.2 Å². The summed E-state index contributed by atoms with van der Waals surface area (Å²) in [7, 11) is 2.70. The lowest BCUT2D eigenvalue weighted by Crippen LogP contribution is -2.23. The Balaban J connectivity index is 2.01. The number of esters is 5. The predicted octanol–water partition coefficient (Wildman–Crippen LogP) is 6.69. The average Bonchev–Trinajstić information content (AvgIpc) is 3.11. The van der Waals surface area contributed by atoms with Gasteiger partial charge in [-0.05, 0) is 67.1 Å². The second-order valence-corrected chi connectivity index (χ2v) is 11.0. The third kappa shape index (κ3) is 12.0. The van der Waals surface area contributed by atoms with Crippen molar-refractivity contribution in [3.8, 4) is 39.9 Å². The standard InChI is InChI=1S/C39H33F3O12/c1-22(2)35(44)51-29-11-8-26(9-12-29)31-19-32(53-36(45)23(3)20-48-6)27(18-33(31)54-37(46)24(4)21-49-7)10-17-34(43)50-28-13-15-30(16-14-28)52-38(47)25(5)39(40,41)42/h8-19H,1,3-5,20-21H2,2,6-7H3/b17-10+. The predicted molar refractivity (Wildman–Crippen MR) is 188 cm³/mol. The number of halogens is 3. The molecule has 3 aromatic carbocycles. The highest BCUT2D eigenvalue weighted by Gasteiger charge is 2.38. The van der Waals surface area contributed by atoms with Crippen molar-refractivity contribution < 1.29 is 70.3 Å². The first kappa shape index (κ1) is 41.8. The van der Waals surface area contributed by atoms with Gasteiger partial charge in [0.05, 0.1) is 24.4 Å². The Kier molecular flexibility index (Phi) is 14.5. The highest BCUT2D eigenvalue weighted by molar-refractivity contribution is 5.95. The van der Waals surface area contributed by atoms with Gasteiger partial charge in [0.25, 0.3) is 0 Å². The van der Waals surface area contributed by atoms with Crippen molar-refractivity contribution in [3.63, 3.8) is 0 Å². The average molecular weight is 751 g/mol. The summed E-state index contributed by atoms with van der Waals surface area (Å²) in [6, 6.07) is 13.2. The van der Waals surface area contributed by atoms with Crippen molar-refractivity contribution in [2.45, 2.75) is 13.1 Å². The van der Waals surface area contributed by atoms with Crippen LogP contribution >= 0.6 is 0 Å². The van der Waals surface area contributed by atoms with Gasteiger partial charge in [0.1, 0.15) is 34.3 Å². The van der Waals surface area contributed by atoms with Gasteiger partial charge in [0, 0.05) is 37.0 Å². The molecule has 0 aliphatic heterocycles. The van der Waals surface area contributed by atoms with E-state index in [1.165, 1.54) is 51.5 Å². The van der Waals surface area contributed by atoms with Crippen LogP contribution < -0.4 is 23.7 Å². The molecule has 0 N–H and O–H groups in total. The molecule has 0 spiro atoms. The molecule has 0 amide bonds. The summed E-state index contributed by atoms with van der Waals surface area (Å²) in [6.07, 6.45) is -2.85. The molecule has 3 aromatic rings. The van der Waals surface area contributed by atoms with E-state index < -0.39 is 41.6 Å². The number of carbonyl (C=O) groups is 5. The van der Waals surface area contributed by atoms with E-state index in [1.54, 1.807) is 12.1 Å². The van der Waals surface area contributed by atoms with E-state index in [2.05, 4.69) is 31.1 Å². The molecular formula is C39H33F3O12. The molecule has 0 saturated heterocycles. The van der Waals surface area contributed by atoms with Crippen LogP contribution in [0.5, 0.6) is 28.7 Å². The Labute approximate surface area is 307 Å². The molecule has 15 heteroatoms. The topological polar surface area (TPSA) is 150 Å². The molecule has 12 nitrogen and oxygen atoms in total. The maximum atomic E-state index is 12.9. The Morgan fingerprint density at radius 1 is 0.630 bits per heavy atom.